The van der Waals surface area contributed by atoms with Gasteiger partial charge in [-0.25, -0.2) is 0 Å². The molecular formula is C14H22Cl2N2. The molecule has 4 heteroatoms. The summed E-state index contributed by atoms with van der Waals surface area (Å²) in [5.41, 5.74) is 8.63. The molecule has 1 atom stereocenters. The molecule has 2 nitrogen and oxygen atoms in total. The Morgan fingerprint density at radius 3 is 2.72 bits per heavy atom. The van der Waals surface area contributed by atoms with Crippen molar-refractivity contribution in [2.75, 3.05) is 19.6 Å². The molecule has 0 aromatic heterocycles. The number of nitrogens with two attached hydrogens (primary N) is 1. The standard InChI is InChI=1S/C14H21ClN2.ClH/c1-11-7-12(3-4-13(11)15)8-17-6-5-14(2,9-16)10-17;/h3-4,7H,5-6,8-10,16H2,1-2H3;1H. The van der Waals surface area contributed by atoms with Gasteiger partial charge in [-0.15, -0.1) is 12.4 Å². The molecule has 1 heterocycles. The van der Waals surface area contributed by atoms with E-state index in [2.05, 4.69) is 30.9 Å². The highest BCUT2D eigenvalue weighted by molar-refractivity contribution is 6.31. The van der Waals surface area contributed by atoms with E-state index in [1.165, 1.54) is 12.0 Å². The van der Waals surface area contributed by atoms with Gasteiger partial charge in [0, 0.05) is 18.1 Å². The summed E-state index contributed by atoms with van der Waals surface area (Å²) in [5, 5.41) is 0.849. The van der Waals surface area contributed by atoms with Crippen molar-refractivity contribution in [2.24, 2.45) is 11.1 Å². The highest BCUT2D eigenvalue weighted by atomic mass is 35.5. The van der Waals surface area contributed by atoms with E-state index in [0.717, 1.165) is 36.8 Å². The highest BCUT2D eigenvalue weighted by Crippen LogP contribution is 2.29. The van der Waals surface area contributed by atoms with Crippen LogP contribution >= 0.6 is 24.0 Å². The maximum absolute atomic E-state index is 6.03. The van der Waals surface area contributed by atoms with Crippen LogP contribution in [0.25, 0.3) is 0 Å². The summed E-state index contributed by atoms with van der Waals surface area (Å²) in [6.07, 6.45) is 1.20. The smallest absolute Gasteiger partial charge is 0.0435 e. The summed E-state index contributed by atoms with van der Waals surface area (Å²) in [7, 11) is 0. The van der Waals surface area contributed by atoms with E-state index < -0.39 is 0 Å². The first-order valence-corrected chi connectivity index (χ1v) is 6.58. The number of hydrogen-bond donors (Lipinski definition) is 1. The van der Waals surface area contributed by atoms with Crippen LogP contribution in [0.5, 0.6) is 0 Å². The minimum atomic E-state index is 0. The lowest BCUT2D eigenvalue weighted by Crippen LogP contribution is -2.31. The Balaban J connectivity index is 0.00000162. The van der Waals surface area contributed by atoms with Crippen molar-refractivity contribution < 1.29 is 0 Å². The zero-order valence-corrected chi connectivity index (χ0v) is 12.7. The van der Waals surface area contributed by atoms with Crippen LogP contribution in [0, 0.1) is 12.3 Å². The van der Waals surface area contributed by atoms with Crippen molar-refractivity contribution in [2.45, 2.75) is 26.8 Å². The molecule has 1 saturated heterocycles. The molecule has 1 fully saturated rings. The van der Waals surface area contributed by atoms with E-state index in [1.54, 1.807) is 0 Å². The fourth-order valence-corrected chi connectivity index (χ4v) is 2.61. The second-order valence-electron chi connectivity index (χ2n) is 5.56. The number of aryl methyl sites for hydroxylation is 1. The van der Waals surface area contributed by atoms with Crippen molar-refractivity contribution in [3.63, 3.8) is 0 Å². The molecule has 2 N–H and O–H groups in total. The summed E-state index contributed by atoms with van der Waals surface area (Å²) >= 11 is 6.03. The van der Waals surface area contributed by atoms with Gasteiger partial charge >= 0.3 is 0 Å². The number of rotatable bonds is 3. The summed E-state index contributed by atoms with van der Waals surface area (Å²) in [5.74, 6) is 0. The summed E-state index contributed by atoms with van der Waals surface area (Å²) in [4.78, 5) is 2.48. The van der Waals surface area contributed by atoms with Gasteiger partial charge in [0.25, 0.3) is 0 Å². The molecule has 0 bridgehead atoms. The lowest BCUT2D eigenvalue weighted by atomic mass is 9.90. The largest absolute Gasteiger partial charge is 0.330 e. The second kappa shape index (κ2) is 6.25. The molecule has 1 aliphatic heterocycles. The molecule has 102 valence electrons. The molecule has 0 radical (unpaired) electrons. The third-order valence-corrected chi connectivity index (χ3v) is 4.18. The Labute approximate surface area is 121 Å². The molecule has 1 aliphatic rings. The Morgan fingerprint density at radius 1 is 1.44 bits per heavy atom. The predicted octanol–water partition coefficient (Wildman–Crippen LogP) is 3.24. The van der Waals surface area contributed by atoms with Crippen LogP contribution in [-0.4, -0.2) is 24.5 Å². The lowest BCUT2D eigenvalue weighted by molar-refractivity contribution is 0.274. The van der Waals surface area contributed by atoms with Gasteiger partial charge in [0.15, 0.2) is 0 Å². The van der Waals surface area contributed by atoms with E-state index in [4.69, 9.17) is 17.3 Å². The minimum Gasteiger partial charge on any atom is -0.330 e. The van der Waals surface area contributed by atoms with E-state index in [1.807, 2.05) is 6.07 Å². The van der Waals surface area contributed by atoms with Crippen LogP contribution < -0.4 is 5.73 Å². The predicted molar refractivity (Wildman–Crippen MR) is 80.5 cm³/mol. The maximum atomic E-state index is 6.03. The first-order chi connectivity index (χ1) is 8.02. The summed E-state index contributed by atoms with van der Waals surface area (Å²) in [6, 6.07) is 6.29. The topological polar surface area (TPSA) is 29.3 Å². The van der Waals surface area contributed by atoms with Crippen LogP contribution in [0.15, 0.2) is 18.2 Å². The first kappa shape index (κ1) is 15.8. The molecule has 18 heavy (non-hydrogen) atoms. The number of likely N-dealkylation sites (tertiary alicyclic amines) is 1. The fraction of sp³-hybridized carbons (Fsp3) is 0.571. The molecule has 2 rings (SSSR count). The molecule has 0 spiro atoms. The molecule has 1 aromatic rings. The molecule has 0 amide bonds. The zero-order valence-electron chi connectivity index (χ0n) is 11.1. The molecule has 0 saturated carbocycles. The number of nitrogens with zero attached hydrogens (tertiary/aromatic N) is 1. The van der Waals surface area contributed by atoms with Gasteiger partial charge in [0.05, 0.1) is 0 Å². The molecule has 0 aliphatic carbocycles. The Morgan fingerprint density at radius 2 is 2.17 bits per heavy atom. The average molecular weight is 289 g/mol. The summed E-state index contributed by atoms with van der Waals surface area (Å²) < 4.78 is 0. The van der Waals surface area contributed by atoms with Gasteiger partial charge < -0.3 is 5.73 Å². The van der Waals surface area contributed by atoms with Gasteiger partial charge in [-0.05, 0) is 49.0 Å². The van der Waals surface area contributed by atoms with Crippen molar-refractivity contribution >= 4 is 24.0 Å². The van der Waals surface area contributed by atoms with Crippen molar-refractivity contribution in [1.29, 1.82) is 0 Å². The van der Waals surface area contributed by atoms with Gasteiger partial charge in [-0.2, -0.15) is 0 Å². The van der Waals surface area contributed by atoms with Crippen LogP contribution in [0.4, 0.5) is 0 Å². The highest BCUT2D eigenvalue weighted by Gasteiger charge is 2.32. The van der Waals surface area contributed by atoms with E-state index >= 15 is 0 Å². The van der Waals surface area contributed by atoms with Gasteiger partial charge in [-0.1, -0.05) is 30.7 Å². The lowest BCUT2D eigenvalue weighted by Gasteiger charge is -2.22. The molecule has 1 aromatic carbocycles. The van der Waals surface area contributed by atoms with Crippen molar-refractivity contribution in [1.82, 2.24) is 4.90 Å². The Bertz CT molecular complexity index is 409. The van der Waals surface area contributed by atoms with Crippen LogP contribution in [0.3, 0.4) is 0 Å². The minimum absolute atomic E-state index is 0. The maximum Gasteiger partial charge on any atom is 0.0435 e. The number of halogens is 2. The van der Waals surface area contributed by atoms with E-state index in [-0.39, 0.29) is 12.4 Å². The van der Waals surface area contributed by atoms with Gasteiger partial charge in [-0.3, -0.25) is 4.90 Å². The van der Waals surface area contributed by atoms with E-state index in [9.17, 15) is 0 Å². The van der Waals surface area contributed by atoms with Gasteiger partial charge in [0.2, 0.25) is 0 Å². The SMILES string of the molecule is Cc1cc(CN2CCC(C)(CN)C2)ccc1Cl.Cl. The number of benzene rings is 1. The van der Waals surface area contributed by atoms with Crippen molar-refractivity contribution in [3.8, 4) is 0 Å². The first-order valence-electron chi connectivity index (χ1n) is 6.20. The zero-order chi connectivity index (χ0) is 12.5. The third kappa shape index (κ3) is 3.61. The second-order valence-corrected chi connectivity index (χ2v) is 5.97. The number of hydrogen-bond acceptors (Lipinski definition) is 2. The van der Waals surface area contributed by atoms with Crippen LogP contribution in [-0.2, 0) is 6.54 Å². The van der Waals surface area contributed by atoms with Gasteiger partial charge in [0.1, 0.15) is 0 Å². The van der Waals surface area contributed by atoms with Crippen LogP contribution in [0.2, 0.25) is 5.02 Å². The van der Waals surface area contributed by atoms with Crippen LogP contribution in [0.1, 0.15) is 24.5 Å². The Hall–Kier alpha value is -0.280. The van der Waals surface area contributed by atoms with Crippen molar-refractivity contribution in [3.05, 3.63) is 34.3 Å². The normalized spacial score (nSPS) is 24.0. The average Bonchev–Trinajstić information content (AvgIpc) is 2.67. The monoisotopic (exact) mass is 288 g/mol. The quantitative estimate of drug-likeness (QED) is 0.925. The molecular weight excluding hydrogens is 267 g/mol. The molecule has 1 unspecified atom stereocenters. The summed E-state index contributed by atoms with van der Waals surface area (Å²) in [6.45, 7) is 8.37. The fourth-order valence-electron chi connectivity index (χ4n) is 2.49. The van der Waals surface area contributed by atoms with E-state index in [0.29, 0.717) is 5.41 Å². The Kier molecular flexibility index (Phi) is 5.47. The third-order valence-electron chi connectivity index (χ3n) is 3.76.